The van der Waals surface area contributed by atoms with E-state index in [1.54, 1.807) is 18.3 Å². The highest BCUT2D eigenvalue weighted by atomic mass is 15.1. The van der Waals surface area contributed by atoms with E-state index >= 15 is 0 Å². The minimum Gasteiger partial charge on any atom is -0.382 e. The number of hydrogen-bond acceptors (Lipinski definition) is 5. The second-order valence-corrected chi connectivity index (χ2v) is 10.1. The molecule has 0 radical (unpaired) electrons. The van der Waals surface area contributed by atoms with Crippen LogP contribution in [0.25, 0.3) is 33.3 Å². The molecule has 6 heteroatoms. The highest BCUT2D eigenvalue weighted by molar-refractivity contribution is 5.91. The summed E-state index contributed by atoms with van der Waals surface area (Å²) in [6, 6.07) is 10.4. The summed E-state index contributed by atoms with van der Waals surface area (Å²) in [6.07, 6.45) is 14.3. The van der Waals surface area contributed by atoms with Crippen molar-refractivity contribution >= 4 is 27.8 Å². The Balaban J connectivity index is 1.36. The Kier molecular flexibility index (Phi) is 5.89. The van der Waals surface area contributed by atoms with Crippen LogP contribution >= 0.6 is 0 Å². The summed E-state index contributed by atoms with van der Waals surface area (Å²) in [5.41, 5.74) is 11.9. The number of hydrogen-bond donors (Lipinski definition) is 1. The fourth-order valence-electron chi connectivity index (χ4n) is 5.81. The number of anilines is 1. The van der Waals surface area contributed by atoms with Crippen molar-refractivity contribution in [1.29, 1.82) is 0 Å². The van der Waals surface area contributed by atoms with E-state index in [4.69, 9.17) is 15.7 Å². The normalized spacial score (nSPS) is 20.6. The molecule has 0 bridgehead atoms. The molecule has 6 rings (SSSR count). The summed E-state index contributed by atoms with van der Waals surface area (Å²) in [5, 5.41) is 1.07. The predicted molar refractivity (Wildman–Crippen MR) is 148 cm³/mol. The molecule has 0 atom stereocenters. The Labute approximate surface area is 211 Å². The number of benzene rings is 1. The van der Waals surface area contributed by atoms with E-state index in [9.17, 15) is 0 Å². The van der Waals surface area contributed by atoms with Gasteiger partial charge < -0.3 is 10.6 Å². The standard InChI is InChI=1S/C30H32N6/c1-3-7-21(4-2)25-11-10-22-8-9-23(18-26(22)33-25)27-28-29(31)32-12-15-36(28)30(34-27)24-16-20(17-24)19-35-13-5-6-14-35/h3-4,7-12,15,18,20,24H,1-2,5-6,13-14,16-17,19H2,(H2,31,32)/b21-7+. The van der Waals surface area contributed by atoms with Crippen molar-refractivity contribution in [1.82, 2.24) is 24.3 Å². The Hall–Kier alpha value is -3.77. The molecular weight excluding hydrogens is 444 g/mol. The highest BCUT2D eigenvalue weighted by Gasteiger charge is 2.35. The van der Waals surface area contributed by atoms with Crippen LogP contribution in [0.5, 0.6) is 0 Å². The van der Waals surface area contributed by atoms with E-state index in [0.29, 0.717) is 11.7 Å². The smallest absolute Gasteiger partial charge is 0.150 e. The number of nitrogens with two attached hydrogens (primary N) is 1. The van der Waals surface area contributed by atoms with Gasteiger partial charge in [0.05, 0.1) is 11.2 Å². The molecule has 182 valence electrons. The van der Waals surface area contributed by atoms with Gasteiger partial charge in [0, 0.05) is 35.8 Å². The van der Waals surface area contributed by atoms with Gasteiger partial charge in [-0.1, -0.05) is 49.6 Å². The van der Waals surface area contributed by atoms with Crippen molar-refractivity contribution in [3.8, 4) is 11.3 Å². The van der Waals surface area contributed by atoms with Gasteiger partial charge in [-0.15, -0.1) is 0 Å². The van der Waals surface area contributed by atoms with Crippen molar-refractivity contribution in [2.45, 2.75) is 31.6 Å². The highest BCUT2D eigenvalue weighted by Crippen LogP contribution is 2.43. The molecule has 2 aliphatic rings. The zero-order chi connectivity index (χ0) is 24.6. The molecule has 2 fully saturated rings. The van der Waals surface area contributed by atoms with Gasteiger partial charge in [-0.25, -0.2) is 15.0 Å². The maximum atomic E-state index is 6.41. The van der Waals surface area contributed by atoms with Crippen LogP contribution in [-0.2, 0) is 0 Å². The van der Waals surface area contributed by atoms with E-state index in [2.05, 4.69) is 51.7 Å². The summed E-state index contributed by atoms with van der Waals surface area (Å²) in [7, 11) is 0. The van der Waals surface area contributed by atoms with E-state index in [1.807, 2.05) is 18.3 Å². The maximum Gasteiger partial charge on any atom is 0.150 e. The first kappa shape index (κ1) is 22.7. The molecular formula is C30H32N6. The number of rotatable bonds is 7. The predicted octanol–water partition coefficient (Wildman–Crippen LogP) is 5.87. The van der Waals surface area contributed by atoms with Gasteiger partial charge in [0.2, 0.25) is 0 Å². The summed E-state index contributed by atoms with van der Waals surface area (Å²) in [6.45, 7) is 11.5. The van der Waals surface area contributed by atoms with Gasteiger partial charge in [-0.3, -0.25) is 4.40 Å². The van der Waals surface area contributed by atoms with Crippen LogP contribution in [0, 0.1) is 5.92 Å². The molecule has 0 spiro atoms. The third-order valence-electron chi connectivity index (χ3n) is 7.70. The second kappa shape index (κ2) is 9.36. The lowest BCUT2D eigenvalue weighted by Crippen LogP contribution is -2.34. The van der Waals surface area contributed by atoms with Crippen LogP contribution in [0.4, 0.5) is 5.82 Å². The van der Waals surface area contributed by atoms with Crippen molar-refractivity contribution in [2.75, 3.05) is 25.4 Å². The number of fused-ring (bicyclic) bond motifs is 2. The fourth-order valence-corrected chi connectivity index (χ4v) is 5.81. The molecule has 1 aromatic carbocycles. The van der Waals surface area contributed by atoms with Gasteiger partial charge >= 0.3 is 0 Å². The molecule has 4 heterocycles. The number of allylic oxidation sites excluding steroid dienone is 4. The number of nitrogen functional groups attached to an aromatic ring is 1. The third kappa shape index (κ3) is 4.01. The molecule has 1 aliphatic carbocycles. The molecule has 36 heavy (non-hydrogen) atoms. The molecule has 4 aromatic rings. The Morgan fingerprint density at radius 1 is 1.08 bits per heavy atom. The van der Waals surface area contributed by atoms with E-state index < -0.39 is 0 Å². The van der Waals surface area contributed by atoms with Crippen molar-refractivity contribution in [3.63, 3.8) is 0 Å². The molecule has 1 saturated carbocycles. The molecule has 2 N–H and O–H groups in total. The summed E-state index contributed by atoms with van der Waals surface area (Å²) >= 11 is 0. The lowest BCUT2D eigenvalue weighted by atomic mass is 9.74. The zero-order valence-electron chi connectivity index (χ0n) is 20.6. The number of pyridine rings is 1. The largest absolute Gasteiger partial charge is 0.382 e. The lowest BCUT2D eigenvalue weighted by molar-refractivity contribution is 0.176. The molecule has 1 aliphatic heterocycles. The SMILES string of the molecule is C=C/C=C(\C=C)c1ccc2ccc(-c3nc(C4CC(CN5CCCC5)C4)n4ccnc(N)c34)cc2n1. The molecule has 0 unspecified atom stereocenters. The third-order valence-corrected chi connectivity index (χ3v) is 7.70. The second-order valence-electron chi connectivity index (χ2n) is 10.1. The summed E-state index contributed by atoms with van der Waals surface area (Å²) in [5.74, 6) is 2.80. The van der Waals surface area contributed by atoms with Gasteiger partial charge in [0.25, 0.3) is 0 Å². The van der Waals surface area contributed by atoms with Crippen LogP contribution in [0.15, 0.2) is 74.1 Å². The summed E-state index contributed by atoms with van der Waals surface area (Å²) in [4.78, 5) is 17.1. The van der Waals surface area contributed by atoms with E-state index in [-0.39, 0.29) is 0 Å². The molecule has 3 aromatic heterocycles. The van der Waals surface area contributed by atoms with Crippen molar-refractivity contribution < 1.29 is 0 Å². The van der Waals surface area contributed by atoms with Crippen LogP contribution < -0.4 is 5.73 Å². The maximum absolute atomic E-state index is 6.41. The monoisotopic (exact) mass is 476 g/mol. The number of aromatic nitrogens is 4. The van der Waals surface area contributed by atoms with Crippen LogP contribution in [0.2, 0.25) is 0 Å². The average molecular weight is 477 g/mol. The average Bonchev–Trinajstić information content (AvgIpc) is 3.52. The van der Waals surface area contributed by atoms with Gasteiger partial charge in [-0.2, -0.15) is 0 Å². The minimum atomic E-state index is 0.449. The topological polar surface area (TPSA) is 72.3 Å². The number of imidazole rings is 1. The first-order valence-corrected chi connectivity index (χ1v) is 12.9. The molecule has 0 amide bonds. The Morgan fingerprint density at radius 2 is 1.89 bits per heavy atom. The van der Waals surface area contributed by atoms with Gasteiger partial charge in [-0.05, 0) is 62.4 Å². The first-order chi connectivity index (χ1) is 17.6. The summed E-state index contributed by atoms with van der Waals surface area (Å²) < 4.78 is 2.16. The van der Waals surface area contributed by atoms with E-state index in [0.717, 1.165) is 50.7 Å². The zero-order valence-corrected chi connectivity index (χ0v) is 20.6. The van der Waals surface area contributed by atoms with Crippen LogP contribution in [0.3, 0.4) is 0 Å². The van der Waals surface area contributed by atoms with E-state index in [1.165, 1.54) is 45.3 Å². The van der Waals surface area contributed by atoms with Gasteiger partial charge in [0.15, 0.2) is 0 Å². The fraction of sp³-hybridized carbons (Fsp3) is 0.300. The van der Waals surface area contributed by atoms with Crippen molar-refractivity contribution in [3.05, 3.63) is 85.6 Å². The Bertz CT molecular complexity index is 1480. The Morgan fingerprint density at radius 3 is 2.67 bits per heavy atom. The molecule has 6 nitrogen and oxygen atoms in total. The first-order valence-electron chi connectivity index (χ1n) is 12.9. The number of likely N-dealkylation sites (tertiary alicyclic amines) is 1. The van der Waals surface area contributed by atoms with Crippen molar-refractivity contribution in [2.24, 2.45) is 5.92 Å². The van der Waals surface area contributed by atoms with Crippen LogP contribution in [0.1, 0.15) is 43.1 Å². The number of nitrogens with zero attached hydrogens (tertiary/aromatic N) is 5. The quantitative estimate of drug-likeness (QED) is 0.338. The molecule has 1 saturated heterocycles. The minimum absolute atomic E-state index is 0.449. The van der Waals surface area contributed by atoms with Crippen LogP contribution in [-0.4, -0.2) is 43.9 Å². The van der Waals surface area contributed by atoms with Gasteiger partial charge in [0.1, 0.15) is 22.9 Å². The lowest BCUT2D eigenvalue weighted by Gasteiger charge is -2.37.